The van der Waals surface area contributed by atoms with Crippen LogP contribution in [0.3, 0.4) is 0 Å². The van der Waals surface area contributed by atoms with Crippen LogP contribution in [0.25, 0.3) is 22.6 Å². The largest absolute Gasteiger partial charge is 0.389 e. The highest BCUT2D eigenvalue weighted by atomic mass is 32.1. The predicted octanol–water partition coefficient (Wildman–Crippen LogP) is 5.60. The molecule has 4 aliphatic rings. The Kier molecular flexibility index (Phi) is 7.47. The standard InChI is InChI=1S/C35H45N11O2S/c1-19-22-16-38-42-24(22)18-47-15-14-45(19)33-23-17-39-46(20(2)25-9-7-13-44(25)4)34(23)41-32(40-33)28-21-8-5-11-35(30(21)48-43-28)12-6-10-26-27(35)29(37-3)31(36)49-26/h16-17,19-20,25,37H,5-15,18,36H2,1-4H3,(H,38,42)/t19-,20+,25+,35+/m1/s1. The molecule has 2 aliphatic carbocycles. The smallest absolute Gasteiger partial charge is 0.186 e. The molecule has 13 nitrogen and oxygen atoms in total. The Labute approximate surface area is 289 Å². The van der Waals surface area contributed by atoms with Gasteiger partial charge in [-0.2, -0.15) is 10.2 Å². The number of nitrogens with one attached hydrogen (secondary N) is 2. The fraction of sp³-hybridized carbons (Fsp3) is 0.571. The van der Waals surface area contributed by atoms with E-state index in [-0.39, 0.29) is 17.5 Å². The second kappa shape index (κ2) is 11.8. The van der Waals surface area contributed by atoms with Gasteiger partial charge in [0.05, 0.1) is 59.9 Å². The highest BCUT2D eigenvalue weighted by Gasteiger charge is 2.49. The van der Waals surface area contributed by atoms with Gasteiger partial charge in [0.2, 0.25) is 0 Å². The van der Waals surface area contributed by atoms with Crippen LogP contribution >= 0.6 is 11.3 Å². The van der Waals surface area contributed by atoms with Gasteiger partial charge in [0.1, 0.15) is 10.8 Å². The lowest BCUT2D eigenvalue weighted by molar-refractivity contribution is 0.118. The molecule has 0 bridgehead atoms. The molecule has 1 spiro atoms. The first-order chi connectivity index (χ1) is 23.9. The average Bonchev–Trinajstić information content (AvgIpc) is 3.93. The number of aromatic amines is 1. The van der Waals surface area contributed by atoms with Crippen molar-refractivity contribution in [2.24, 2.45) is 0 Å². The van der Waals surface area contributed by atoms with E-state index in [2.05, 4.69) is 50.9 Å². The summed E-state index contributed by atoms with van der Waals surface area (Å²) in [7, 11) is 4.18. The zero-order chi connectivity index (χ0) is 33.4. The van der Waals surface area contributed by atoms with Crippen LogP contribution in [-0.4, -0.2) is 79.8 Å². The summed E-state index contributed by atoms with van der Waals surface area (Å²) < 4.78 is 14.6. The Hall–Kier alpha value is -4.01. The Balaban J connectivity index is 1.22. The van der Waals surface area contributed by atoms with Crippen molar-refractivity contribution in [2.75, 3.05) is 49.7 Å². The van der Waals surface area contributed by atoms with Crippen molar-refractivity contribution in [1.29, 1.82) is 0 Å². The van der Waals surface area contributed by atoms with Gasteiger partial charge in [-0.3, -0.25) is 5.10 Å². The number of ether oxygens (including phenoxy) is 1. The third-order valence-electron chi connectivity index (χ3n) is 11.8. The van der Waals surface area contributed by atoms with Crippen molar-refractivity contribution in [2.45, 2.75) is 95.4 Å². The Morgan fingerprint density at radius 3 is 2.82 bits per heavy atom. The first kappa shape index (κ1) is 31.0. The fourth-order valence-electron chi connectivity index (χ4n) is 9.38. The second-order valence-electron chi connectivity index (χ2n) is 14.4. The minimum atomic E-state index is -0.262. The van der Waals surface area contributed by atoms with Crippen LogP contribution in [0.4, 0.5) is 16.5 Å². The van der Waals surface area contributed by atoms with Crippen molar-refractivity contribution in [3.8, 4) is 11.5 Å². The molecule has 0 amide bonds. The number of rotatable bonds is 5. The number of hydrogen-bond donors (Lipinski definition) is 3. The molecule has 5 aromatic rings. The number of likely N-dealkylation sites (tertiary alicyclic amines) is 1. The summed E-state index contributed by atoms with van der Waals surface area (Å²) in [4.78, 5) is 16.8. The van der Waals surface area contributed by atoms with Gasteiger partial charge < -0.3 is 30.1 Å². The summed E-state index contributed by atoms with van der Waals surface area (Å²) in [6.07, 6.45) is 12.2. The molecule has 1 fully saturated rings. The van der Waals surface area contributed by atoms with Gasteiger partial charge >= 0.3 is 0 Å². The highest BCUT2D eigenvalue weighted by molar-refractivity contribution is 7.16. The van der Waals surface area contributed by atoms with E-state index in [1.165, 1.54) is 16.9 Å². The maximum atomic E-state index is 6.57. The number of aromatic nitrogens is 7. The third-order valence-corrected chi connectivity index (χ3v) is 12.9. The molecule has 49 heavy (non-hydrogen) atoms. The summed E-state index contributed by atoms with van der Waals surface area (Å²) in [5.74, 6) is 2.36. The second-order valence-corrected chi connectivity index (χ2v) is 15.5. The molecule has 14 heteroatoms. The van der Waals surface area contributed by atoms with Gasteiger partial charge in [-0.25, -0.2) is 14.6 Å². The number of nitrogens with zero attached hydrogens (tertiary/aromatic N) is 8. The number of anilines is 3. The lowest BCUT2D eigenvalue weighted by atomic mass is 9.63. The maximum Gasteiger partial charge on any atom is 0.186 e. The molecule has 4 atom stereocenters. The number of nitrogen functional groups attached to an aromatic ring is 1. The van der Waals surface area contributed by atoms with Gasteiger partial charge in [0.15, 0.2) is 22.9 Å². The van der Waals surface area contributed by atoms with E-state index in [4.69, 9.17) is 35.2 Å². The molecule has 0 unspecified atom stereocenters. The number of H-pyrrole nitrogens is 1. The zero-order valence-electron chi connectivity index (χ0n) is 28.8. The molecular weight excluding hydrogens is 639 g/mol. The first-order valence-corrected chi connectivity index (χ1v) is 18.6. The van der Waals surface area contributed by atoms with Crippen LogP contribution in [0.1, 0.15) is 97.5 Å². The SMILES string of the molecule is CNc1c(N)sc2c1[C@@]1(CCC2)CCCc2c(-c3nc(N4CCOCc5[nH]ncc5[C@H]4C)c4cnn([C@@H](C)[C@@H]5CCCN5C)c4n3)noc21. The molecule has 5 aromatic heterocycles. The molecule has 0 aromatic carbocycles. The molecule has 1 saturated heterocycles. The number of fused-ring (bicyclic) bond motifs is 6. The van der Waals surface area contributed by atoms with Gasteiger partial charge in [-0.1, -0.05) is 5.16 Å². The number of thiophene rings is 1. The topological polar surface area (TPSA) is 152 Å². The first-order valence-electron chi connectivity index (χ1n) is 17.8. The lowest BCUT2D eigenvalue weighted by Gasteiger charge is -2.39. The number of hydrogen-bond acceptors (Lipinski definition) is 12. The van der Waals surface area contributed by atoms with Gasteiger partial charge in [0, 0.05) is 41.2 Å². The van der Waals surface area contributed by atoms with Crippen LogP contribution in [-0.2, 0) is 29.6 Å². The zero-order valence-corrected chi connectivity index (χ0v) is 29.6. The molecule has 9 rings (SSSR count). The Morgan fingerprint density at radius 2 is 2.00 bits per heavy atom. The summed E-state index contributed by atoms with van der Waals surface area (Å²) >= 11 is 1.71. The average molecular weight is 684 g/mol. The Morgan fingerprint density at radius 1 is 1.14 bits per heavy atom. The minimum absolute atomic E-state index is 0.00417. The minimum Gasteiger partial charge on any atom is -0.389 e. The van der Waals surface area contributed by atoms with E-state index >= 15 is 0 Å². The van der Waals surface area contributed by atoms with Gasteiger partial charge in [0.25, 0.3) is 0 Å². The summed E-state index contributed by atoms with van der Waals surface area (Å²) in [5.41, 5.74) is 13.4. The van der Waals surface area contributed by atoms with Crippen molar-refractivity contribution in [3.05, 3.63) is 45.4 Å². The molecule has 0 saturated carbocycles. The van der Waals surface area contributed by atoms with Crippen molar-refractivity contribution in [3.63, 3.8) is 0 Å². The molecular formula is C35H45N11O2S. The van der Waals surface area contributed by atoms with E-state index in [0.29, 0.717) is 31.6 Å². The number of likely N-dealkylation sites (N-methyl/N-ethyl adjacent to an activating group) is 1. The maximum absolute atomic E-state index is 6.57. The van der Waals surface area contributed by atoms with E-state index < -0.39 is 0 Å². The van der Waals surface area contributed by atoms with Crippen LogP contribution < -0.4 is 16.0 Å². The molecule has 4 N–H and O–H groups in total. The van der Waals surface area contributed by atoms with E-state index in [1.807, 2.05) is 19.4 Å². The van der Waals surface area contributed by atoms with Gasteiger partial charge in [-0.15, -0.1) is 11.3 Å². The van der Waals surface area contributed by atoms with Crippen LogP contribution in [0.15, 0.2) is 16.9 Å². The predicted molar refractivity (Wildman–Crippen MR) is 190 cm³/mol. The van der Waals surface area contributed by atoms with Crippen LogP contribution in [0.2, 0.25) is 0 Å². The van der Waals surface area contributed by atoms with Crippen molar-refractivity contribution >= 4 is 38.9 Å². The number of nitrogens with two attached hydrogens (primary N) is 1. The van der Waals surface area contributed by atoms with Crippen LogP contribution in [0, 0.1) is 0 Å². The van der Waals surface area contributed by atoms with Crippen LogP contribution in [0.5, 0.6) is 0 Å². The Bertz CT molecular complexity index is 2020. The molecule has 258 valence electrons. The number of aryl methyl sites for hydroxylation is 1. The lowest BCUT2D eigenvalue weighted by Crippen LogP contribution is -2.35. The van der Waals surface area contributed by atoms with Gasteiger partial charge in [-0.05, 0) is 78.8 Å². The quantitative estimate of drug-likeness (QED) is 0.212. The molecule has 7 heterocycles. The normalized spacial score (nSPS) is 24.9. The molecule has 0 radical (unpaired) electrons. The van der Waals surface area contributed by atoms with Crippen molar-refractivity contribution < 1.29 is 9.26 Å². The van der Waals surface area contributed by atoms with E-state index in [0.717, 1.165) is 107 Å². The summed E-state index contributed by atoms with van der Waals surface area (Å²) in [5, 5.41) is 22.5. The molecule has 2 aliphatic heterocycles. The summed E-state index contributed by atoms with van der Waals surface area (Å²) in [6, 6.07) is 0.518. The van der Waals surface area contributed by atoms with E-state index in [1.54, 1.807) is 11.3 Å². The summed E-state index contributed by atoms with van der Waals surface area (Å²) in [6.45, 7) is 7.31. The highest BCUT2D eigenvalue weighted by Crippen LogP contribution is 2.57. The fourth-order valence-corrected chi connectivity index (χ4v) is 10.6. The monoisotopic (exact) mass is 683 g/mol. The van der Waals surface area contributed by atoms with Crippen molar-refractivity contribution in [1.82, 2.24) is 40.0 Å². The van der Waals surface area contributed by atoms with E-state index in [9.17, 15) is 0 Å². The third kappa shape index (κ3) is 4.66.